The Morgan fingerprint density at radius 3 is 2.93 bits per heavy atom. The molecular formula is C19H25ClN4O3S. The van der Waals surface area contributed by atoms with Crippen molar-refractivity contribution < 1.29 is 13.2 Å². The number of hydrogen-bond acceptors (Lipinski definition) is 5. The molecule has 9 heteroatoms. The number of piperidine rings is 1. The highest BCUT2D eigenvalue weighted by Gasteiger charge is 2.31. The summed E-state index contributed by atoms with van der Waals surface area (Å²) in [4.78, 5) is 16.7. The first-order chi connectivity index (χ1) is 13.4. The second-order valence-electron chi connectivity index (χ2n) is 6.84. The highest BCUT2D eigenvalue weighted by Crippen LogP contribution is 2.24. The number of benzene rings is 1. The van der Waals surface area contributed by atoms with Gasteiger partial charge in [-0.2, -0.15) is 0 Å². The molecule has 1 amide bonds. The van der Waals surface area contributed by atoms with Crippen molar-refractivity contribution in [3.8, 4) is 0 Å². The summed E-state index contributed by atoms with van der Waals surface area (Å²) in [6.07, 6.45) is 3.14. The Morgan fingerprint density at radius 2 is 2.14 bits per heavy atom. The van der Waals surface area contributed by atoms with Crippen molar-refractivity contribution in [2.75, 3.05) is 37.2 Å². The largest absolute Gasteiger partial charge is 0.383 e. The zero-order chi connectivity index (χ0) is 20.1. The minimum atomic E-state index is -3.25. The molecule has 1 aliphatic heterocycles. The normalized spacial score (nSPS) is 18.1. The summed E-state index contributed by atoms with van der Waals surface area (Å²) >= 11 is 6.01. The average Bonchev–Trinajstić information content (AvgIpc) is 2.70. The number of nitrogens with one attached hydrogen (secondary N) is 2. The van der Waals surface area contributed by atoms with Crippen LogP contribution in [-0.2, 0) is 14.8 Å². The molecule has 28 heavy (non-hydrogen) atoms. The predicted molar refractivity (Wildman–Crippen MR) is 112 cm³/mol. The molecule has 0 saturated carbocycles. The van der Waals surface area contributed by atoms with E-state index in [-0.39, 0.29) is 24.1 Å². The van der Waals surface area contributed by atoms with Crippen LogP contribution in [0.15, 0.2) is 30.5 Å². The molecule has 152 valence electrons. The second kappa shape index (κ2) is 9.07. The van der Waals surface area contributed by atoms with Crippen LogP contribution >= 0.6 is 11.6 Å². The van der Waals surface area contributed by atoms with Crippen molar-refractivity contribution in [1.29, 1.82) is 0 Å². The lowest BCUT2D eigenvalue weighted by atomic mass is 9.99. The molecule has 1 aliphatic rings. The molecule has 0 spiro atoms. The molecule has 2 aromatic rings. The Balaban J connectivity index is 1.51. The quantitative estimate of drug-likeness (QED) is 0.666. The maximum atomic E-state index is 12.4. The fourth-order valence-electron chi connectivity index (χ4n) is 3.39. The zero-order valence-corrected chi connectivity index (χ0v) is 17.4. The fraction of sp³-hybridized carbons (Fsp3) is 0.474. The van der Waals surface area contributed by atoms with Crippen LogP contribution in [0.1, 0.15) is 19.8 Å². The number of rotatable bonds is 7. The molecule has 1 atom stereocenters. The van der Waals surface area contributed by atoms with E-state index in [0.717, 1.165) is 16.6 Å². The lowest BCUT2D eigenvalue weighted by molar-refractivity contribution is -0.125. The van der Waals surface area contributed by atoms with Crippen molar-refractivity contribution in [3.05, 3.63) is 35.5 Å². The number of carbonyl (C=O) groups excluding carboxylic acids is 1. The van der Waals surface area contributed by atoms with Crippen molar-refractivity contribution in [2.45, 2.75) is 19.8 Å². The van der Waals surface area contributed by atoms with Crippen molar-refractivity contribution >= 4 is 44.1 Å². The van der Waals surface area contributed by atoms with Gasteiger partial charge >= 0.3 is 0 Å². The van der Waals surface area contributed by atoms with Crippen LogP contribution in [0, 0.1) is 5.92 Å². The van der Waals surface area contributed by atoms with Gasteiger partial charge in [-0.05, 0) is 44.0 Å². The lowest BCUT2D eigenvalue weighted by Crippen LogP contribution is -2.46. The van der Waals surface area contributed by atoms with Gasteiger partial charge in [0.25, 0.3) is 0 Å². The molecule has 7 nitrogen and oxygen atoms in total. The van der Waals surface area contributed by atoms with E-state index >= 15 is 0 Å². The topological polar surface area (TPSA) is 91.4 Å². The van der Waals surface area contributed by atoms with Crippen LogP contribution < -0.4 is 10.6 Å². The van der Waals surface area contributed by atoms with Gasteiger partial charge in [-0.25, -0.2) is 12.7 Å². The summed E-state index contributed by atoms with van der Waals surface area (Å²) in [5, 5.41) is 7.81. The highest BCUT2D eigenvalue weighted by molar-refractivity contribution is 7.89. The summed E-state index contributed by atoms with van der Waals surface area (Å²) in [6, 6.07) is 7.42. The third kappa shape index (κ3) is 4.92. The third-order valence-corrected chi connectivity index (χ3v) is 7.04. The van der Waals surface area contributed by atoms with E-state index in [9.17, 15) is 13.2 Å². The van der Waals surface area contributed by atoms with E-state index in [2.05, 4.69) is 15.6 Å². The molecule has 2 heterocycles. The molecule has 1 saturated heterocycles. The number of sulfonamides is 1. The summed E-state index contributed by atoms with van der Waals surface area (Å²) in [5.41, 5.74) is 1.73. The molecule has 3 rings (SSSR count). The van der Waals surface area contributed by atoms with E-state index in [1.165, 1.54) is 4.31 Å². The minimum Gasteiger partial charge on any atom is -0.383 e. The van der Waals surface area contributed by atoms with Gasteiger partial charge in [-0.3, -0.25) is 9.78 Å². The number of amides is 1. The molecule has 0 radical (unpaired) electrons. The molecule has 1 aromatic carbocycles. The number of hydrogen-bond donors (Lipinski definition) is 2. The van der Waals surface area contributed by atoms with E-state index in [0.29, 0.717) is 37.5 Å². The Labute approximate surface area is 170 Å². The van der Waals surface area contributed by atoms with Crippen LogP contribution in [0.25, 0.3) is 10.9 Å². The Kier molecular flexibility index (Phi) is 6.74. The summed E-state index contributed by atoms with van der Waals surface area (Å²) in [6.45, 7) is 3.40. The molecule has 1 fully saturated rings. The van der Waals surface area contributed by atoms with Gasteiger partial charge in [-0.15, -0.1) is 0 Å². The molecule has 2 N–H and O–H groups in total. The number of fused-ring (bicyclic) bond motifs is 1. The maximum absolute atomic E-state index is 12.4. The van der Waals surface area contributed by atoms with Gasteiger partial charge in [0.15, 0.2) is 0 Å². The minimum absolute atomic E-state index is 0.0658. The standard InChI is InChI=1S/C19H25ClN4O3S/c1-2-28(26,27)24-11-3-4-14(13-24)19(25)23-10-9-22-17-7-8-21-18-12-15(20)5-6-16(17)18/h5-8,12,14H,2-4,9-11,13H2,1H3,(H,21,22)(H,23,25). The van der Waals surface area contributed by atoms with Gasteiger partial charge in [0.2, 0.25) is 15.9 Å². The first-order valence-electron chi connectivity index (χ1n) is 9.44. The number of nitrogens with zero attached hydrogens (tertiary/aromatic N) is 2. The summed E-state index contributed by atoms with van der Waals surface area (Å²) in [5.74, 6) is -0.320. The van der Waals surface area contributed by atoms with Gasteiger partial charge in [0.1, 0.15) is 0 Å². The monoisotopic (exact) mass is 424 g/mol. The van der Waals surface area contributed by atoms with Crippen LogP contribution in [0.5, 0.6) is 0 Å². The molecular weight excluding hydrogens is 400 g/mol. The van der Waals surface area contributed by atoms with Crippen LogP contribution in [0.4, 0.5) is 5.69 Å². The molecule has 1 aromatic heterocycles. The van der Waals surface area contributed by atoms with E-state index in [1.807, 2.05) is 24.3 Å². The Hall–Kier alpha value is -1.90. The van der Waals surface area contributed by atoms with Crippen LogP contribution in [-0.4, -0.2) is 55.5 Å². The number of pyridine rings is 1. The van der Waals surface area contributed by atoms with E-state index < -0.39 is 10.0 Å². The fourth-order valence-corrected chi connectivity index (χ4v) is 4.74. The molecule has 0 aliphatic carbocycles. The second-order valence-corrected chi connectivity index (χ2v) is 9.53. The Bertz CT molecular complexity index is 951. The predicted octanol–water partition coefficient (Wildman–Crippen LogP) is 2.48. The zero-order valence-electron chi connectivity index (χ0n) is 15.8. The van der Waals surface area contributed by atoms with E-state index in [1.54, 1.807) is 13.1 Å². The third-order valence-electron chi connectivity index (χ3n) is 4.96. The maximum Gasteiger partial charge on any atom is 0.224 e. The van der Waals surface area contributed by atoms with Crippen LogP contribution in [0.2, 0.25) is 5.02 Å². The Morgan fingerprint density at radius 1 is 1.32 bits per heavy atom. The first-order valence-corrected chi connectivity index (χ1v) is 11.4. The SMILES string of the molecule is CCS(=O)(=O)N1CCCC(C(=O)NCCNc2ccnc3cc(Cl)ccc23)C1. The molecule has 0 bridgehead atoms. The highest BCUT2D eigenvalue weighted by atomic mass is 35.5. The van der Waals surface area contributed by atoms with Gasteiger partial charge < -0.3 is 10.6 Å². The van der Waals surface area contributed by atoms with Gasteiger partial charge in [-0.1, -0.05) is 11.6 Å². The average molecular weight is 425 g/mol. The summed E-state index contributed by atoms with van der Waals surface area (Å²) in [7, 11) is -3.25. The smallest absolute Gasteiger partial charge is 0.224 e. The number of carbonyl (C=O) groups is 1. The lowest BCUT2D eigenvalue weighted by Gasteiger charge is -2.30. The van der Waals surface area contributed by atoms with Crippen molar-refractivity contribution in [3.63, 3.8) is 0 Å². The summed E-state index contributed by atoms with van der Waals surface area (Å²) < 4.78 is 25.5. The van der Waals surface area contributed by atoms with Crippen molar-refractivity contribution in [1.82, 2.24) is 14.6 Å². The van der Waals surface area contributed by atoms with Gasteiger partial charge in [0, 0.05) is 48.5 Å². The number of aromatic nitrogens is 1. The van der Waals surface area contributed by atoms with E-state index in [4.69, 9.17) is 11.6 Å². The van der Waals surface area contributed by atoms with Crippen LogP contribution in [0.3, 0.4) is 0 Å². The first kappa shape index (κ1) is 20.8. The van der Waals surface area contributed by atoms with Gasteiger partial charge in [0.05, 0.1) is 17.2 Å². The number of anilines is 1. The van der Waals surface area contributed by atoms with Crippen molar-refractivity contribution in [2.24, 2.45) is 5.92 Å². The number of halogens is 1. The molecule has 1 unspecified atom stereocenters.